The zero-order chi connectivity index (χ0) is 14.5. The van der Waals surface area contributed by atoms with Crippen LogP contribution in [0.1, 0.15) is 25.4 Å². The SMILES string of the molecule is Cc1ncc(CNCC(C)C)n1CCSC(F)(F)F. The van der Waals surface area contributed by atoms with Crippen LogP contribution in [0.25, 0.3) is 0 Å². The van der Waals surface area contributed by atoms with Crippen LogP contribution in [0.4, 0.5) is 13.2 Å². The number of nitrogens with zero attached hydrogens (tertiary/aromatic N) is 2. The molecule has 19 heavy (non-hydrogen) atoms. The molecule has 1 rings (SSSR count). The molecule has 1 heterocycles. The smallest absolute Gasteiger partial charge is 0.330 e. The average molecular weight is 295 g/mol. The molecule has 0 aromatic carbocycles. The van der Waals surface area contributed by atoms with Gasteiger partial charge < -0.3 is 9.88 Å². The van der Waals surface area contributed by atoms with E-state index in [0.29, 0.717) is 19.0 Å². The monoisotopic (exact) mass is 295 g/mol. The first-order valence-electron chi connectivity index (χ1n) is 6.22. The van der Waals surface area contributed by atoms with Crippen molar-refractivity contribution in [2.75, 3.05) is 12.3 Å². The number of aryl methyl sites for hydroxylation is 1. The maximum absolute atomic E-state index is 12.1. The van der Waals surface area contributed by atoms with Gasteiger partial charge in [-0.2, -0.15) is 13.2 Å². The molecule has 0 aliphatic rings. The van der Waals surface area contributed by atoms with Crippen LogP contribution >= 0.6 is 11.8 Å². The number of thioether (sulfide) groups is 1. The highest BCUT2D eigenvalue weighted by atomic mass is 32.2. The van der Waals surface area contributed by atoms with Gasteiger partial charge in [-0.1, -0.05) is 13.8 Å². The summed E-state index contributed by atoms with van der Waals surface area (Å²) in [6.07, 6.45) is 1.72. The Labute approximate surface area is 116 Å². The summed E-state index contributed by atoms with van der Waals surface area (Å²) < 4.78 is 38.1. The lowest BCUT2D eigenvalue weighted by Crippen LogP contribution is -2.21. The Morgan fingerprint density at radius 3 is 2.68 bits per heavy atom. The minimum absolute atomic E-state index is 0.00893. The summed E-state index contributed by atoms with van der Waals surface area (Å²) in [6.45, 7) is 7.86. The molecule has 1 aromatic rings. The Balaban J connectivity index is 2.50. The number of aromatic nitrogens is 2. The van der Waals surface area contributed by atoms with E-state index in [0.717, 1.165) is 18.1 Å². The number of rotatable bonds is 7. The molecule has 7 heteroatoms. The third kappa shape index (κ3) is 6.33. The second kappa shape index (κ2) is 7.19. The molecule has 3 nitrogen and oxygen atoms in total. The van der Waals surface area contributed by atoms with Crippen LogP contribution in [0.15, 0.2) is 6.20 Å². The van der Waals surface area contributed by atoms with Crippen molar-refractivity contribution in [3.63, 3.8) is 0 Å². The molecule has 0 saturated carbocycles. The molecular weight excluding hydrogens is 275 g/mol. The highest BCUT2D eigenvalue weighted by molar-refractivity contribution is 8.00. The Morgan fingerprint density at radius 2 is 2.11 bits per heavy atom. The number of nitrogens with one attached hydrogen (secondary N) is 1. The van der Waals surface area contributed by atoms with Gasteiger partial charge in [-0.25, -0.2) is 4.98 Å². The molecule has 1 N–H and O–H groups in total. The van der Waals surface area contributed by atoms with Gasteiger partial charge in [0, 0.05) is 25.0 Å². The second-order valence-corrected chi connectivity index (χ2v) is 5.93. The molecule has 0 amide bonds. The lowest BCUT2D eigenvalue weighted by Gasteiger charge is -2.12. The number of halogens is 3. The number of hydrogen-bond donors (Lipinski definition) is 1. The van der Waals surface area contributed by atoms with Crippen LogP contribution in [0.5, 0.6) is 0 Å². The number of imidazole rings is 1. The Morgan fingerprint density at radius 1 is 1.42 bits per heavy atom. The molecule has 0 atom stereocenters. The predicted octanol–water partition coefficient (Wildman–Crippen LogP) is 3.19. The molecule has 0 bridgehead atoms. The molecule has 110 valence electrons. The summed E-state index contributed by atoms with van der Waals surface area (Å²) in [5.41, 5.74) is -3.23. The fourth-order valence-electron chi connectivity index (χ4n) is 1.70. The number of alkyl halides is 3. The molecule has 0 radical (unpaired) electrons. The Kier molecular flexibility index (Phi) is 6.19. The fourth-order valence-corrected chi connectivity index (χ4v) is 2.21. The van der Waals surface area contributed by atoms with E-state index in [4.69, 9.17) is 0 Å². The molecule has 0 unspecified atom stereocenters. The lowest BCUT2D eigenvalue weighted by molar-refractivity contribution is -0.0328. The van der Waals surface area contributed by atoms with Crippen LogP contribution in [0.2, 0.25) is 0 Å². The maximum Gasteiger partial charge on any atom is 0.441 e. The van der Waals surface area contributed by atoms with Crippen LogP contribution in [0, 0.1) is 12.8 Å². The second-order valence-electron chi connectivity index (χ2n) is 4.77. The maximum atomic E-state index is 12.1. The standard InChI is InChI=1S/C12H20F3N3S/c1-9(2)6-16-7-11-8-17-10(3)18(11)4-5-19-12(13,14)15/h8-9,16H,4-7H2,1-3H3. The minimum atomic E-state index is -4.16. The van der Waals surface area contributed by atoms with E-state index in [2.05, 4.69) is 24.1 Å². The van der Waals surface area contributed by atoms with E-state index in [1.165, 1.54) is 0 Å². The van der Waals surface area contributed by atoms with Gasteiger partial charge in [-0.3, -0.25) is 0 Å². The van der Waals surface area contributed by atoms with E-state index in [1.54, 1.807) is 6.20 Å². The first-order valence-corrected chi connectivity index (χ1v) is 7.20. The van der Waals surface area contributed by atoms with Crippen LogP contribution < -0.4 is 5.32 Å². The normalized spacial score (nSPS) is 12.4. The zero-order valence-corrected chi connectivity index (χ0v) is 12.2. The van der Waals surface area contributed by atoms with Gasteiger partial charge in [-0.05, 0) is 31.1 Å². The van der Waals surface area contributed by atoms with Crippen molar-refractivity contribution in [1.82, 2.24) is 14.9 Å². The van der Waals surface area contributed by atoms with Crippen molar-refractivity contribution in [1.29, 1.82) is 0 Å². The quantitative estimate of drug-likeness (QED) is 0.838. The molecule has 0 fully saturated rings. The zero-order valence-electron chi connectivity index (χ0n) is 11.4. The van der Waals surface area contributed by atoms with Gasteiger partial charge >= 0.3 is 5.51 Å². The summed E-state index contributed by atoms with van der Waals surface area (Å²) in [5.74, 6) is 1.31. The highest BCUT2D eigenvalue weighted by Crippen LogP contribution is 2.30. The van der Waals surface area contributed by atoms with Crippen LogP contribution in [0.3, 0.4) is 0 Å². The Bertz CT molecular complexity index is 388. The summed E-state index contributed by atoms with van der Waals surface area (Å²) >= 11 is 0.00893. The summed E-state index contributed by atoms with van der Waals surface area (Å²) in [6, 6.07) is 0. The van der Waals surface area contributed by atoms with Gasteiger partial charge in [0.05, 0.1) is 5.69 Å². The predicted molar refractivity (Wildman–Crippen MR) is 72.0 cm³/mol. The lowest BCUT2D eigenvalue weighted by atomic mass is 10.2. The first kappa shape index (κ1) is 16.4. The Hall–Kier alpha value is -0.690. The van der Waals surface area contributed by atoms with Crippen LogP contribution in [-0.2, 0) is 13.1 Å². The van der Waals surface area contributed by atoms with Crippen molar-refractivity contribution in [3.8, 4) is 0 Å². The minimum Gasteiger partial charge on any atom is -0.330 e. The van der Waals surface area contributed by atoms with E-state index >= 15 is 0 Å². The van der Waals surface area contributed by atoms with E-state index in [-0.39, 0.29) is 17.5 Å². The van der Waals surface area contributed by atoms with E-state index in [9.17, 15) is 13.2 Å². The number of hydrogen-bond acceptors (Lipinski definition) is 3. The largest absolute Gasteiger partial charge is 0.441 e. The van der Waals surface area contributed by atoms with Crippen molar-refractivity contribution in [2.24, 2.45) is 5.92 Å². The van der Waals surface area contributed by atoms with E-state index in [1.807, 2.05) is 11.5 Å². The summed E-state index contributed by atoms with van der Waals surface area (Å²) in [5, 5.41) is 3.27. The summed E-state index contributed by atoms with van der Waals surface area (Å²) in [4.78, 5) is 4.16. The van der Waals surface area contributed by atoms with E-state index < -0.39 is 5.51 Å². The third-order valence-corrected chi connectivity index (χ3v) is 3.29. The fraction of sp³-hybridized carbons (Fsp3) is 0.750. The van der Waals surface area contributed by atoms with Gasteiger partial charge in [0.1, 0.15) is 5.82 Å². The van der Waals surface area contributed by atoms with Crippen LogP contribution in [-0.4, -0.2) is 27.4 Å². The van der Waals surface area contributed by atoms with Gasteiger partial charge in [-0.15, -0.1) is 0 Å². The van der Waals surface area contributed by atoms with Crippen molar-refractivity contribution in [3.05, 3.63) is 17.7 Å². The highest BCUT2D eigenvalue weighted by Gasteiger charge is 2.27. The molecule has 0 spiro atoms. The summed E-state index contributed by atoms with van der Waals surface area (Å²) in [7, 11) is 0. The van der Waals surface area contributed by atoms with Crippen molar-refractivity contribution >= 4 is 11.8 Å². The average Bonchev–Trinajstić information content (AvgIpc) is 2.59. The van der Waals surface area contributed by atoms with Gasteiger partial charge in [0.2, 0.25) is 0 Å². The van der Waals surface area contributed by atoms with Gasteiger partial charge in [0.25, 0.3) is 0 Å². The van der Waals surface area contributed by atoms with Crippen molar-refractivity contribution in [2.45, 2.75) is 39.4 Å². The van der Waals surface area contributed by atoms with Gasteiger partial charge in [0.15, 0.2) is 0 Å². The third-order valence-electron chi connectivity index (χ3n) is 2.58. The topological polar surface area (TPSA) is 29.9 Å². The molecule has 0 aliphatic heterocycles. The first-order chi connectivity index (χ1) is 8.79. The molecule has 1 aromatic heterocycles. The molecule has 0 aliphatic carbocycles. The van der Waals surface area contributed by atoms with Crippen molar-refractivity contribution < 1.29 is 13.2 Å². The molecular formula is C12H20F3N3S. The molecule has 0 saturated heterocycles.